The highest BCUT2D eigenvalue weighted by atomic mass is 16.5. The Morgan fingerprint density at radius 3 is 2.76 bits per heavy atom. The summed E-state index contributed by atoms with van der Waals surface area (Å²) < 4.78 is 5.41. The summed E-state index contributed by atoms with van der Waals surface area (Å²) in [7, 11) is 3.83. The number of benzene rings is 1. The first kappa shape index (κ1) is 14.9. The number of rotatable bonds is 3. The summed E-state index contributed by atoms with van der Waals surface area (Å²) in [5.74, 6) is 1.78. The highest BCUT2D eigenvalue weighted by molar-refractivity contribution is 5.43. The zero-order valence-electron chi connectivity index (χ0n) is 13.7. The molecule has 4 atom stereocenters. The van der Waals surface area contributed by atoms with E-state index in [1.807, 2.05) is 0 Å². The lowest BCUT2D eigenvalue weighted by molar-refractivity contribution is 0.0641. The topological polar surface area (TPSA) is 24.5 Å². The van der Waals surface area contributed by atoms with Crippen LogP contribution in [0.4, 0.5) is 0 Å². The summed E-state index contributed by atoms with van der Waals surface area (Å²) in [5.41, 5.74) is 2.90. The van der Waals surface area contributed by atoms with Crippen LogP contribution in [0.3, 0.4) is 0 Å². The van der Waals surface area contributed by atoms with Crippen LogP contribution in [0, 0.1) is 5.92 Å². The van der Waals surface area contributed by atoms with Crippen molar-refractivity contribution in [1.29, 1.82) is 0 Å². The molecule has 0 amide bonds. The van der Waals surface area contributed by atoms with E-state index in [0.717, 1.165) is 18.1 Å². The van der Waals surface area contributed by atoms with Crippen LogP contribution in [0.15, 0.2) is 18.2 Å². The molecular formula is C18H28N2O. The van der Waals surface area contributed by atoms with E-state index in [1.54, 1.807) is 7.11 Å². The second-order valence-electron chi connectivity index (χ2n) is 6.83. The molecule has 1 N–H and O–H groups in total. The van der Waals surface area contributed by atoms with Crippen LogP contribution in [0.25, 0.3) is 0 Å². The molecule has 1 aliphatic carbocycles. The van der Waals surface area contributed by atoms with Crippen LogP contribution >= 0.6 is 0 Å². The van der Waals surface area contributed by atoms with Crippen molar-refractivity contribution in [3.63, 3.8) is 0 Å². The molecule has 0 radical (unpaired) electrons. The van der Waals surface area contributed by atoms with Crippen LogP contribution in [0.1, 0.15) is 43.9 Å². The smallest absolute Gasteiger partial charge is 0.119 e. The van der Waals surface area contributed by atoms with Crippen LogP contribution in [-0.2, 0) is 6.42 Å². The van der Waals surface area contributed by atoms with Crippen molar-refractivity contribution in [3.05, 3.63) is 29.3 Å². The van der Waals surface area contributed by atoms with Gasteiger partial charge in [0.2, 0.25) is 0 Å². The van der Waals surface area contributed by atoms with Gasteiger partial charge in [0.1, 0.15) is 5.75 Å². The van der Waals surface area contributed by atoms with E-state index < -0.39 is 0 Å². The molecule has 1 fully saturated rings. The lowest BCUT2D eigenvalue weighted by Gasteiger charge is -2.43. The van der Waals surface area contributed by atoms with E-state index >= 15 is 0 Å². The second kappa shape index (κ2) is 5.98. The number of fused-ring (bicyclic) bond motifs is 1. The molecule has 1 aliphatic heterocycles. The van der Waals surface area contributed by atoms with Gasteiger partial charge in [-0.3, -0.25) is 4.90 Å². The zero-order chi connectivity index (χ0) is 15.0. The van der Waals surface area contributed by atoms with Gasteiger partial charge in [-0.1, -0.05) is 13.0 Å². The molecule has 2 aliphatic rings. The molecule has 116 valence electrons. The van der Waals surface area contributed by atoms with Crippen molar-refractivity contribution < 1.29 is 4.74 Å². The van der Waals surface area contributed by atoms with Gasteiger partial charge in [-0.2, -0.15) is 0 Å². The zero-order valence-corrected chi connectivity index (χ0v) is 13.7. The number of likely N-dealkylation sites (tertiary alicyclic amines) is 1. The van der Waals surface area contributed by atoms with Gasteiger partial charge in [-0.25, -0.2) is 0 Å². The van der Waals surface area contributed by atoms with Gasteiger partial charge in [0, 0.05) is 24.7 Å². The number of ether oxygens (including phenoxy) is 1. The predicted molar refractivity (Wildman–Crippen MR) is 86.9 cm³/mol. The molecule has 0 spiro atoms. The largest absolute Gasteiger partial charge is 0.497 e. The number of nitrogens with zero attached hydrogens (tertiary/aromatic N) is 1. The Balaban J connectivity index is 1.87. The quantitative estimate of drug-likeness (QED) is 0.925. The number of piperidine rings is 1. The summed E-state index contributed by atoms with van der Waals surface area (Å²) in [4.78, 5) is 2.74. The Bertz CT molecular complexity index is 502. The Kier molecular flexibility index (Phi) is 4.23. The average Bonchev–Trinajstić information content (AvgIpc) is 2.86. The Morgan fingerprint density at radius 2 is 2.05 bits per heavy atom. The maximum atomic E-state index is 5.41. The van der Waals surface area contributed by atoms with Crippen molar-refractivity contribution >= 4 is 0 Å². The summed E-state index contributed by atoms with van der Waals surface area (Å²) in [6, 6.07) is 8.25. The number of nitrogens with one attached hydrogen (secondary N) is 1. The van der Waals surface area contributed by atoms with E-state index in [1.165, 1.54) is 30.5 Å². The Hall–Kier alpha value is -1.06. The average molecular weight is 288 g/mol. The fourth-order valence-corrected chi connectivity index (χ4v) is 4.17. The monoisotopic (exact) mass is 288 g/mol. The number of likely N-dealkylation sites (N-methyl/N-ethyl adjacent to an activating group) is 1. The predicted octanol–water partition coefficient (Wildman–Crippen LogP) is 3.00. The maximum absolute atomic E-state index is 5.41. The minimum atomic E-state index is 0.419. The van der Waals surface area contributed by atoms with Gasteiger partial charge >= 0.3 is 0 Å². The Labute approximate surface area is 128 Å². The van der Waals surface area contributed by atoms with Crippen LogP contribution < -0.4 is 10.1 Å². The first-order chi connectivity index (χ1) is 10.1. The normalized spacial score (nSPS) is 33.0. The second-order valence-corrected chi connectivity index (χ2v) is 6.83. The molecule has 0 aromatic heterocycles. The third-order valence-corrected chi connectivity index (χ3v) is 5.40. The van der Waals surface area contributed by atoms with Crippen LogP contribution in [0.2, 0.25) is 0 Å². The number of hydrogen-bond acceptors (Lipinski definition) is 3. The fourth-order valence-electron chi connectivity index (χ4n) is 4.17. The lowest BCUT2D eigenvalue weighted by atomic mass is 9.92. The molecule has 1 saturated heterocycles. The fraction of sp³-hybridized carbons (Fsp3) is 0.667. The Morgan fingerprint density at radius 1 is 1.24 bits per heavy atom. The first-order valence-corrected chi connectivity index (χ1v) is 8.23. The van der Waals surface area contributed by atoms with Gasteiger partial charge in [0.15, 0.2) is 0 Å². The van der Waals surface area contributed by atoms with Crippen molar-refractivity contribution in [2.24, 2.45) is 5.92 Å². The van der Waals surface area contributed by atoms with Gasteiger partial charge < -0.3 is 10.1 Å². The van der Waals surface area contributed by atoms with Crippen molar-refractivity contribution in [3.8, 4) is 5.75 Å². The van der Waals surface area contributed by atoms with Gasteiger partial charge in [0.25, 0.3) is 0 Å². The van der Waals surface area contributed by atoms with Crippen molar-refractivity contribution in [1.82, 2.24) is 10.2 Å². The molecule has 3 nitrogen and oxygen atoms in total. The standard InChI is InChI=1S/C18H28N2O/c1-12-5-6-13(2)20(11-12)17-9-14-7-8-15(21-4)10-16(14)18(17)19-3/h7-8,10,12-13,17-19H,5-6,9,11H2,1-4H3. The summed E-state index contributed by atoms with van der Waals surface area (Å²) in [6.07, 6.45) is 3.85. The van der Waals surface area contributed by atoms with E-state index in [4.69, 9.17) is 4.74 Å². The molecule has 0 saturated carbocycles. The van der Waals surface area contributed by atoms with Gasteiger partial charge in [-0.05, 0) is 62.4 Å². The molecule has 3 rings (SSSR count). The number of methoxy groups -OCH3 is 1. The van der Waals surface area contributed by atoms with Crippen LogP contribution in [0.5, 0.6) is 5.75 Å². The third-order valence-electron chi connectivity index (χ3n) is 5.40. The molecule has 4 unspecified atom stereocenters. The van der Waals surface area contributed by atoms with E-state index in [2.05, 4.69) is 49.3 Å². The third kappa shape index (κ3) is 2.69. The molecule has 21 heavy (non-hydrogen) atoms. The lowest BCUT2D eigenvalue weighted by Crippen LogP contribution is -2.50. The van der Waals surface area contributed by atoms with Crippen molar-refractivity contribution in [2.75, 3.05) is 20.7 Å². The molecular weight excluding hydrogens is 260 g/mol. The highest BCUT2D eigenvalue weighted by Gasteiger charge is 2.39. The van der Waals surface area contributed by atoms with Crippen LogP contribution in [-0.4, -0.2) is 37.7 Å². The SMILES string of the molecule is CNC1c2cc(OC)ccc2CC1N1CC(C)CCC1C. The molecule has 0 bridgehead atoms. The van der Waals surface area contributed by atoms with Gasteiger partial charge in [-0.15, -0.1) is 0 Å². The maximum Gasteiger partial charge on any atom is 0.119 e. The van der Waals surface area contributed by atoms with E-state index in [9.17, 15) is 0 Å². The van der Waals surface area contributed by atoms with Gasteiger partial charge in [0.05, 0.1) is 7.11 Å². The highest BCUT2D eigenvalue weighted by Crippen LogP contribution is 2.39. The minimum Gasteiger partial charge on any atom is -0.497 e. The summed E-state index contributed by atoms with van der Waals surface area (Å²) in [5, 5.41) is 3.56. The van der Waals surface area contributed by atoms with Crippen molar-refractivity contribution in [2.45, 2.75) is 51.2 Å². The molecule has 1 aromatic rings. The summed E-state index contributed by atoms with van der Waals surface area (Å²) in [6.45, 7) is 6.01. The molecule has 3 heteroatoms. The first-order valence-electron chi connectivity index (χ1n) is 8.23. The minimum absolute atomic E-state index is 0.419. The van der Waals surface area contributed by atoms with E-state index in [-0.39, 0.29) is 0 Å². The molecule has 1 heterocycles. The molecule has 1 aromatic carbocycles. The number of hydrogen-bond donors (Lipinski definition) is 1. The van der Waals surface area contributed by atoms with E-state index in [0.29, 0.717) is 18.1 Å². The summed E-state index contributed by atoms with van der Waals surface area (Å²) >= 11 is 0.